The van der Waals surface area contributed by atoms with Gasteiger partial charge in [0.25, 0.3) is 0 Å². The van der Waals surface area contributed by atoms with Gasteiger partial charge >= 0.3 is 0 Å². The van der Waals surface area contributed by atoms with Crippen LogP contribution in [0.25, 0.3) is 0 Å². The highest BCUT2D eigenvalue weighted by atomic mass is 16.3. The molecular weight excluding hydrogens is 132 g/mol. The van der Waals surface area contributed by atoms with Crippen molar-refractivity contribution in [3.63, 3.8) is 0 Å². The van der Waals surface area contributed by atoms with Crippen molar-refractivity contribution in [2.45, 2.75) is 25.0 Å². The molecule has 0 heterocycles. The third-order valence-corrected chi connectivity index (χ3v) is 1.38. The second-order valence-corrected chi connectivity index (χ2v) is 2.41. The third kappa shape index (κ3) is 4.69. The van der Waals surface area contributed by atoms with Crippen molar-refractivity contribution in [3.8, 4) is 0 Å². The molecule has 0 rings (SSSR count). The number of hydrogen-bond donors (Lipinski definition) is 4. The van der Waals surface area contributed by atoms with Crippen LogP contribution in [0.2, 0.25) is 0 Å². The monoisotopic (exact) mass is 148 g/mol. The van der Waals surface area contributed by atoms with Crippen molar-refractivity contribution in [1.29, 1.82) is 0 Å². The third-order valence-electron chi connectivity index (χ3n) is 1.38. The van der Waals surface area contributed by atoms with Crippen molar-refractivity contribution in [1.82, 2.24) is 0 Å². The van der Waals surface area contributed by atoms with Crippen LogP contribution in [0.4, 0.5) is 0 Å². The summed E-state index contributed by atoms with van der Waals surface area (Å²) in [6, 6.07) is -0.221. The second kappa shape index (κ2) is 5.61. The van der Waals surface area contributed by atoms with E-state index in [1.165, 1.54) is 0 Å². The highest BCUT2D eigenvalue weighted by molar-refractivity contribution is 4.63. The molecule has 0 aromatic heterocycles. The fourth-order valence-electron chi connectivity index (χ4n) is 0.616. The fraction of sp³-hybridized carbons (Fsp3) is 1.00. The molecule has 0 aliphatic carbocycles. The minimum Gasteiger partial charge on any atom is -0.395 e. The normalized spacial score (nSPS) is 16.8. The number of aliphatic hydroxyl groups is 2. The van der Waals surface area contributed by atoms with Crippen LogP contribution >= 0.6 is 0 Å². The van der Waals surface area contributed by atoms with Crippen LogP contribution in [0, 0.1) is 0 Å². The fourth-order valence-corrected chi connectivity index (χ4v) is 0.616. The number of nitrogens with two attached hydrogens (primary N) is 2. The first kappa shape index (κ1) is 9.84. The Morgan fingerprint density at radius 1 is 1.30 bits per heavy atom. The molecule has 2 unspecified atom stereocenters. The van der Waals surface area contributed by atoms with Crippen molar-refractivity contribution in [2.24, 2.45) is 11.5 Å². The molecule has 62 valence electrons. The number of rotatable bonds is 5. The zero-order valence-corrected chi connectivity index (χ0v) is 6.03. The van der Waals surface area contributed by atoms with Crippen LogP contribution < -0.4 is 11.5 Å². The molecule has 6 N–H and O–H groups in total. The van der Waals surface area contributed by atoms with Gasteiger partial charge in [-0.05, 0) is 12.8 Å². The SMILES string of the molecule is NCC(O)CCC(N)CO. The van der Waals surface area contributed by atoms with Gasteiger partial charge in [0.2, 0.25) is 0 Å². The molecule has 4 nitrogen and oxygen atoms in total. The maximum absolute atomic E-state index is 8.94. The van der Waals surface area contributed by atoms with E-state index in [1.807, 2.05) is 0 Å². The van der Waals surface area contributed by atoms with Crippen LogP contribution in [0.3, 0.4) is 0 Å². The molecule has 0 spiro atoms. The minimum absolute atomic E-state index is 0.0305. The van der Waals surface area contributed by atoms with Crippen molar-refractivity contribution < 1.29 is 10.2 Å². The van der Waals surface area contributed by atoms with Gasteiger partial charge < -0.3 is 21.7 Å². The molecule has 0 radical (unpaired) electrons. The lowest BCUT2D eigenvalue weighted by Crippen LogP contribution is -2.28. The second-order valence-electron chi connectivity index (χ2n) is 2.41. The van der Waals surface area contributed by atoms with E-state index in [4.69, 9.17) is 21.7 Å². The Bertz CT molecular complexity index is 70.1. The van der Waals surface area contributed by atoms with Crippen molar-refractivity contribution in [2.75, 3.05) is 13.2 Å². The quantitative estimate of drug-likeness (QED) is 0.378. The molecule has 2 atom stereocenters. The van der Waals surface area contributed by atoms with Gasteiger partial charge in [0, 0.05) is 12.6 Å². The summed E-state index contributed by atoms with van der Waals surface area (Å²) in [5.41, 5.74) is 10.5. The average molecular weight is 148 g/mol. The first-order valence-corrected chi connectivity index (χ1v) is 3.45. The summed E-state index contributed by atoms with van der Waals surface area (Å²) < 4.78 is 0. The Labute approximate surface area is 60.8 Å². The van der Waals surface area contributed by atoms with E-state index in [0.29, 0.717) is 12.8 Å². The summed E-state index contributed by atoms with van der Waals surface area (Å²) in [6.07, 6.45) is 0.713. The summed E-state index contributed by atoms with van der Waals surface area (Å²) >= 11 is 0. The van der Waals surface area contributed by atoms with E-state index in [-0.39, 0.29) is 19.2 Å². The van der Waals surface area contributed by atoms with E-state index in [9.17, 15) is 0 Å². The maximum atomic E-state index is 8.94. The average Bonchev–Trinajstić information content (AvgIpc) is 1.99. The van der Waals surface area contributed by atoms with Gasteiger partial charge in [0.1, 0.15) is 0 Å². The molecule has 4 heteroatoms. The van der Waals surface area contributed by atoms with E-state index < -0.39 is 6.10 Å². The molecule has 0 aliphatic heterocycles. The molecular formula is C6H16N2O2. The lowest BCUT2D eigenvalue weighted by Gasteiger charge is -2.10. The molecule has 0 aromatic rings. The highest BCUT2D eigenvalue weighted by Gasteiger charge is 2.04. The van der Waals surface area contributed by atoms with Crippen LogP contribution in [0.5, 0.6) is 0 Å². The van der Waals surface area contributed by atoms with Gasteiger partial charge in [-0.25, -0.2) is 0 Å². The first-order chi connectivity index (χ1) is 4.70. The summed E-state index contributed by atoms with van der Waals surface area (Å²) in [5.74, 6) is 0. The van der Waals surface area contributed by atoms with Gasteiger partial charge in [0.05, 0.1) is 12.7 Å². The summed E-state index contributed by atoms with van der Waals surface area (Å²) in [6.45, 7) is 0.232. The van der Waals surface area contributed by atoms with E-state index >= 15 is 0 Å². The maximum Gasteiger partial charge on any atom is 0.0663 e. The van der Waals surface area contributed by atoms with Gasteiger partial charge in [0.15, 0.2) is 0 Å². The van der Waals surface area contributed by atoms with E-state index in [2.05, 4.69) is 0 Å². The summed E-state index contributed by atoms with van der Waals surface area (Å²) in [4.78, 5) is 0. The lowest BCUT2D eigenvalue weighted by molar-refractivity contribution is 0.160. The Kier molecular flexibility index (Phi) is 5.52. The van der Waals surface area contributed by atoms with E-state index in [0.717, 1.165) is 0 Å². The largest absolute Gasteiger partial charge is 0.395 e. The number of aliphatic hydroxyl groups excluding tert-OH is 2. The molecule has 0 bridgehead atoms. The molecule has 10 heavy (non-hydrogen) atoms. The van der Waals surface area contributed by atoms with Crippen LogP contribution in [-0.4, -0.2) is 35.5 Å². The predicted molar refractivity (Wildman–Crippen MR) is 39.4 cm³/mol. The molecule has 0 saturated heterocycles. The van der Waals surface area contributed by atoms with Crippen LogP contribution in [-0.2, 0) is 0 Å². The van der Waals surface area contributed by atoms with Crippen molar-refractivity contribution in [3.05, 3.63) is 0 Å². The lowest BCUT2D eigenvalue weighted by atomic mass is 10.1. The summed E-state index contributed by atoms with van der Waals surface area (Å²) in [5, 5.41) is 17.4. The summed E-state index contributed by atoms with van der Waals surface area (Å²) in [7, 11) is 0. The minimum atomic E-state index is -0.474. The van der Waals surface area contributed by atoms with Gasteiger partial charge in [-0.3, -0.25) is 0 Å². The van der Waals surface area contributed by atoms with Gasteiger partial charge in [-0.1, -0.05) is 0 Å². The zero-order chi connectivity index (χ0) is 7.98. The predicted octanol–water partition coefficient (Wildman–Crippen LogP) is -1.59. The first-order valence-electron chi connectivity index (χ1n) is 3.45. The van der Waals surface area contributed by atoms with E-state index in [1.54, 1.807) is 0 Å². The zero-order valence-electron chi connectivity index (χ0n) is 6.03. The Morgan fingerprint density at radius 3 is 2.30 bits per heavy atom. The molecule has 0 aromatic carbocycles. The smallest absolute Gasteiger partial charge is 0.0663 e. The molecule has 0 saturated carbocycles. The van der Waals surface area contributed by atoms with Gasteiger partial charge in [-0.2, -0.15) is 0 Å². The Morgan fingerprint density at radius 2 is 1.90 bits per heavy atom. The standard InChI is InChI=1S/C6H16N2O2/c7-3-6(10)2-1-5(8)4-9/h5-6,9-10H,1-4,7-8H2. The molecule has 0 aliphatic rings. The van der Waals surface area contributed by atoms with Crippen LogP contribution in [0.1, 0.15) is 12.8 Å². The molecule has 0 amide bonds. The van der Waals surface area contributed by atoms with Crippen molar-refractivity contribution >= 4 is 0 Å². The highest BCUT2D eigenvalue weighted by Crippen LogP contribution is 1.97. The topological polar surface area (TPSA) is 92.5 Å². The Hall–Kier alpha value is -0.160. The van der Waals surface area contributed by atoms with Gasteiger partial charge in [-0.15, -0.1) is 0 Å². The molecule has 0 fully saturated rings. The number of hydrogen-bond acceptors (Lipinski definition) is 4. The van der Waals surface area contributed by atoms with Crippen LogP contribution in [0.15, 0.2) is 0 Å². The Balaban J connectivity index is 3.17.